The lowest BCUT2D eigenvalue weighted by Gasteiger charge is -2.07. The maximum Gasteiger partial charge on any atom is 0.287 e. The first-order chi connectivity index (χ1) is 7.66. The third kappa shape index (κ3) is 2.19. The first kappa shape index (κ1) is 10.6. The molecule has 0 radical (unpaired) electrons. The molecule has 2 aromatic rings. The summed E-state index contributed by atoms with van der Waals surface area (Å²) in [7, 11) is 0. The minimum absolute atomic E-state index is 0.139. The van der Waals surface area contributed by atoms with Crippen molar-refractivity contribution in [1.29, 1.82) is 0 Å². The van der Waals surface area contributed by atoms with Crippen LogP contribution < -0.4 is 5.32 Å². The van der Waals surface area contributed by atoms with Crippen molar-refractivity contribution in [2.75, 3.05) is 0 Å². The molecule has 0 fully saturated rings. The second-order valence-electron chi connectivity index (χ2n) is 3.07. The summed E-state index contributed by atoms with van der Waals surface area (Å²) < 4.78 is 4.95. The van der Waals surface area contributed by atoms with E-state index in [0.29, 0.717) is 5.82 Å². The van der Waals surface area contributed by atoms with Gasteiger partial charge in [-0.15, -0.1) is 10.2 Å². The first-order valence-corrected chi connectivity index (χ1v) is 4.84. The molecular formula is C8H8ClN5O2. The van der Waals surface area contributed by atoms with Crippen LogP contribution in [0.4, 0.5) is 0 Å². The van der Waals surface area contributed by atoms with Crippen LogP contribution in [0.15, 0.2) is 16.5 Å². The predicted molar refractivity (Wildman–Crippen MR) is 53.8 cm³/mol. The van der Waals surface area contributed by atoms with Crippen molar-refractivity contribution in [3.8, 4) is 0 Å². The van der Waals surface area contributed by atoms with E-state index in [4.69, 9.17) is 16.0 Å². The van der Waals surface area contributed by atoms with Gasteiger partial charge in [-0.05, 0) is 30.7 Å². The number of aromatic nitrogens is 4. The Kier molecular flexibility index (Phi) is 2.86. The molecule has 0 spiro atoms. The van der Waals surface area contributed by atoms with Crippen LogP contribution in [-0.4, -0.2) is 26.5 Å². The number of rotatable bonds is 3. The van der Waals surface area contributed by atoms with Gasteiger partial charge in [-0.2, -0.15) is 5.21 Å². The molecule has 8 heteroatoms. The van der Waals surface area contributed by atoms with Crippen LogP contribution in [-0.2, 0) is 0 Å². The van der Waals surface area contributed by atoms with E-state index >= 15 is 0 Å². The Morgan fingerprint density at radius 1 is 1.62 bits per heavy atom. The molecule has 0 aliphatic carbocycles. The Morgan fingerprint density at radius 3 is 3.00 bits per heavy atom. The molecule has 2 aromatic heterocycles. The number of tetrazole rings is 1. The average molecular weight is 242 g/mol. The number of carbonyl (C=O) groups is 1. The monoisotopic (exact) mass is 241 g/mol. The number of amides is 1. The number of H-pyrrole nitrogens is 1. The average Bonchev–Trinajstić information content (AvgIpc) is 2.87. The maximum absolute atomic E-state index is 11.6. The van der Waals surface area contributed by atoms with Crippen molar-refractivity contribution in [3.63, 3.8) is 0 Å². The quantitative estimate of drug-likeness (QED) is 0.833. The molecular weight excluding hydrogens is 234 g/mol. The van der Waals surface area contributed by atoms with Crippen LogP contribution in [0.1, 0.15) is 29.3 Å². The van der Waals surface area contributed by atoms with E-state index in [2.05, 4.69) is 25.9 Å². The van der Waals surface area contributed by atoms with Crippen molar-refractivity contribution >= 4 is 17.5 Å². The van der Waals surface area contributed by atoms with E-state index in [9.17, 15) is 4.79 Å². The highest BCUT2D eigenvalue weighted by Gasteiger charge is 2.16. The number of aromatic amines is 1. The fraction of sp³-hybridized carbons (Fsp3) is 0.250. The van der Waals surface area contributed by atoms with Crippen LogP contribution in [0.5, 0.6) is 0 Å². The van der Waals surface area contributed by atoms with E-state index in [-0.39, 0.29) is 22.9 Å². The summed E-state index contributed by atoms with van der Waals surface area (Å²) in [5.41, 5.74) is 0. The summed E-state index contributed by atoms with van der Waals surface area (Å²) in [6, 6.07) is 2.62. The smallest absolute Gasteiger partial charge is 0.287 e. The molecule has 2 heterocycles. The highest BCUT2D eigenvalue weighted by atomic mass is 35.5. The van der Waals surface area contributed by atoms with Crippen molar-refractivity contribution in [3.05, 3.63) is 28.9 Å². The van der Waals surface area contributed by atoms with Gasteiger partial charge in [-0.1, -0.05) is 5.21 Å². The van der Waals surface area contributed by atoms with Crippen molar-refractivity contribution in [1.82, 2.24) is 25.9 Å². The number of hydrogen-bond acceptors (Lipinski definition) is 5. The van der Waals surface area contributed by atoms with Crippen molar-refractivity contribution < 1.29 is 9.21 Å². The Balaban J connectivity index is 2.03. The zero-order valence-electron chi connectivity index (χ0n) is 8.27. The fourth-order valence-electron chi connectivity index (χ4n) is 1.12. The second-order valence-corrected chi connectivity index (χ2v) is 3.44. The summed E-state index contributed by atoms with van der Waals surface area (Å²) in [6.07, 6.45) is 0. The van der Waals surface area contributed by atoms with Gasteiger partial charge in [-0.25, -0.2) is 0 Å². The van der Waals surface area contributed by atoms with E-state index in [0.717, 1.165) is 0 Å². The fourth-order valence-corrected chi connectivity index (χ4v) is 1.27. The molecule has 2 rings (SSSR count). The van der Waals surface area contributed by atoms with Gasteiger partial charge in [0.1, 0.15) is 0 Å². The number of halogens is 1. The SMILES string of the molecule is CC(NC(=O)c1ccc(Cl)o1)c1nn[nH]n1. The summed E-state index contributed by atoms with van der Waals surface area (Å²) in [4.78, 5) is 11.6. The summed E-state index contributed by atoms with van der Waals surface area (Å²) in [6.45, 7) is 1.73. The van der Waals surface area contributed by atoms with Crippen molar-refractivity contribution in [2.45, 2.75) is 13.0 Å². The Bertz CT molecular complexity index is 480. The lowest BCUT2D eigenvalue weighted by atomic mass is 10.3. The molecule has 7 nitrogen and oxygen atoms in total. The Labute approximate surface area is 95.2 Å². The number of nitrogens with zero attached hydrogens (tertiary/aromatic N) is 3. The zero-order chi connectivity index (χ0) is 11.5. The van der Waals surface area contributed by atoms with E-state index in [1.807, 2.05) is 0 Å². The molecule has 16 heavy (non-hydrogen) atoms. The highest BCUT2D eigenvalue weighted by molar-refractivity contribution is 6.29. The van der Waals surface area contributed by atoms with Crippen LogP contribution >= 0.6 is 11.6 Å². The summed E-state index contributed by atoms with van der Waals surface area (Å²) in [5, 5.41) is 16.0. The number of carbonyl (C=O) groups excluding carboxylic acids is 1. The van der Waals surface area contributed by atoms with Gasteiger partial charge >= 0.3 is 0 Å². The number of nitrogens with one attached hydrogen (secondary N) is 2. The standard InChI is InChI=1S/C8H8ClN5O2/c1-4(7-11-13-14-12-7)10-8(15)5-2-3-6(9)16-5/h2-4H,1H3,(H,10,15)(H,11,12,13,14). The van der Waals surface area contributed by atoms with E-state index < -0.39 is 0 Å². The largest absolute Gasteiger partial charge is 0.440 e. The molecule has 0 bridgehead atoms. The van der Waals surface area contributed by atoms with Crippen molar-refractivity contribution in [2.24, 2.45) is 0 Å². The van der Waals surface area contributed by atoms with Crippen LogP contribution in [0.2, 0.25) is 5.22 Å². The van der Waals surface area contributed by atoms with E-state index in [1.165, 1.54) is 12.1 Å². The Hall–Kier alpha value is -1.89. The molecule has 1 amide bonds. The van der Waals surface area contributed by atoms with Crippen LogP contribution in [0.25, 0.3) is 0 Å². The predicted octanol–water partition coefficient (Wildman–Crippen LogP) is 0.937. The third-order valence-electron chi connectivity index (χ3n) is 1.89. The summed E-state index contributed by atoms with van der Waals surface area (Å²) in [5.74, 6) is 0.149. The maximum atomic E-state index is 11.6. The molecule has 0 saturated carbocycles. The van der Waals surface area contributed by atoms with Gasteiger partial charge in [0.25, 0.3) is 5.91 Å². The lowest BCUT2D eigenvalue weighted by molar-refractivity contribution is 0.0910. The van der Waals surface area contributed by atoms with Gasteiger partial charge in [0.15, 0.2) is 16.8 Å². The topological polar surface area (TPSA) is 96.7 Å². The van der Waals surface area contributed by atoms with Crippen LogP contribution in [0.3, 0.4) is 0 Å². The molecule has 84 valence electrons. The highest BCUT2D eigenvalue weighted by Crippen LogP contribution is 2.14. The zero-order valence-corrected chi connectivity index (χ0v) is 9.02. The number of furan rings is 1. The molecule has 1 atom stereocenters. The third-order valence-corrected chi connectivity index (χ3v) is 2.10. The molecule has 0 aliphatic heterocycles. The summed E-state index contributed by atoms with van der Waals surface area (Å²) >= 11 is 5.55. The van der Waals surface area contributed by atoms with E-state index in [1.54, 1.807) is 6.92 Å². The van der Waals surface area contributed by atoms with Gasteiger partial charge in [-0.3, -0.25) is 4.79 Å². The van der Waals surface area contributed by atoms with Gasteiger partial charge in [0.05, 0.1) is 6.04 Å². The van der Waals surface area contributed by atoms with Crippen LogP contribution in [0, 0.1) is 0 Å². The molecule has 1 unspecified atom stereocenters. The van der Waals surface area contributed by atoms with Gasteiger partial charge < -0.3 is 9.73 Å². The normalized spacial score (nSPS) is 12.4. The number of hydrogen-bond donors (Lipinski definition) is 2. The lowest BCUT2D eigenvalue weighted by Crippen LogP contribution is -2.27. The second kappa shape index (κ2) is 4.31. The minimum atomic E-state index is -0.385. The minimum Gasteiger partial charge on any atom is -0.440 e. The molecule has 2 N–H and O–H groups in total. The molecule has 0 aliphatic rings. The van der Waals surface area contributed by atoms with Gasteiger partial charge in [0.2, 0.25) is 0 Å². The van der Waals surface area contributed by atoms with Gasteiger partial charge in [0, 0.05) is 0 Å². The first-order valence-electron chi connectivity index (χ1n) is 4.46. The molecule has 0 saturated heterocycles. The molecule has 0 aromatic carbocycles. The Morgan fingerprint density at radius 2 is 2.44 bits per heavy atom.